The fourth-order valence-electron chi connectivity index (χ4n) is 2.94. The molecule has 3 heterocycles. The molecule has 2 aliphatic heterocycles. The lowest BCUT2D eigenvalue weighted by molar-refractivity contribution is 0.0996. The van der Waals surface area contributed by atoms with Crippen LogP contribution in [0.3, 0.4) is 0 Å². The van der Waals surface area contributed by atoms with Gasteiger partial charge in [0, 0.05) is 0 Å². The molecular formula is C13H21N3O2. The lowest BCUT2D eigenvalue weighted by atomic mass is 9.89. The summed E-state index contributed by atoms with van der Waals surface area (Å²) in [5.41, 5.74) is 6.11. The Hall–Kier alpha value is -0.940. The number of nitrogens with two attached hydrogens (primary N) is 1. The second-order valence-corrected chi connectivity index (χ2v) is 5.62. The predicted molar refractivity (Wildman–Crippen MR) is 65.9 cm³/mol. The molecule has 0 spiro atoms. The maximum atomic E-state index is 6.11. The van der Waals surface area contributed by atoms with Crippen molar-refractivity contribution in [2.45, 2.75) is 63.7 Å². The van der Waals surface area contributed by atoms with Crippen LogP contribution < -0.4 is 5.73 Å². The van der Waals surface area contributed by atoms with E-state index in [2.05, 4.69) is 24.0 Å². The topological polar surface area (TPSA) is 74.2 Å². The van der Waals surface area contributed by atoms with Crippen LogP contribution in [0.5, 0.6) is 0 Å². The molecule has 100 valence electrons. The maximum absolute atomic E-state index is 6.11. The number of aromatic nitrogens is 2. The molecule has 5 unspecified atom stereocenters. The molecule has 2 N–H and O–H groups in total. The Morgan fingerprint density at radius 1 is 1.44 bits per heavy atom. The van der Waals surface area contributed by atoms with Crippen molar-refractivity contribution in [1.82, 2.24) is 10.1 Å². The smallest absolute Gasteiger partial charge is 0.243 e. The number of rotatable bonds is 4. The monoisotopic (exact) mass is 251 g/mol. The van der Waals surface area contributed by atoms with Gasteiger partial charge in [-0.05, 0) is 25.2 Å². The summed E-state index contributed by atoms with van der Waals surface area (Å²) >= 11 is 0. The van der Waals surface area contributed by atoms with Gasteiger partial charge in [-0.15, -0.1) is 0 Å². The standard InChI is InChI=1S/C13H21N3O2/c1-3-7(2)11(14)13-15-12(16-18-13)9-6-8-4-5-10(9)17-8/h7-11H,3-6,14H2,1-2H3. The molecule has 2 aliphatic rings. The van der Waals surface area contributed by atoms with E-state index in [1.807, 2.05) is 0 Å². The van der Waals surface area contributed by atoms with Gasteiger partial charge in [-0.25, -0.2) is 0 Å². The van der Waals surface area contributed by atoms with Gasteiger partial charge < -0.3 is 15.0 Å². The molecule has 1 aromatic heterocycles. The number of hydrogen-bond acceptors (Lipinski definition) is 5. The van der Waals surface area contributed by atoms with Crippen molar-refractivity contribution in [2.24, 2.45) is 11.7 Å². The summed E-state index contributed by atoms with van der Waals surface area (Å²) in [5, 5.41) is 4.11. The number of ether oxygens (including phenoxy) is 1. The van der Waals surface area contributed by atoms with E-state index in [0.29, 0.717) is 29.9 Å². The van der Waals surface area contributed by atoms with Gasteiger partial charge >= 0.3 is 0 Å². The van der Waals surface area contributed by atoms with E-state index in [0.717, 1.165) is 25.1 Å². The van der Waals surface area contributed by atoms with Crippen molar-refractivity contribution in [1.29, 1.82) is 0 Å². The molecule has 3 rings (SSSR count). The Morgan fingerprint density at radius 2 is 2.28 bits per heavy atom. The molecule has 5 nitrogen and oxygen atoms in total. The average Bonchev–Trinajstić information content (AvgIpc) is 3.10. The first-order valence-corrected chi connectivity index (χ1v) is 6.93. The molecule has 0 amide bonds. The minimum absolute atomic E-state index is 0.157. The highest BCUT2D eigenvalue weighted by molar-refractivity contribution is 5.07. The van der Waals surface area contributed by atoms with Gasteiger partial charge in [-0.1, -0.05) is 25.4 Å². The van der Waals surface area contributed by atoms with E-state index >= 15 is 0 Å². The number of hydrogen-bond donors (Lipinski definition) is 1. The molecule has 2 fully saturated rings. The molecule has 5 atom stereocenters. The van der Waals surface area contributed by atoms with Crippen LogP contribution in [0.2, 0.25) is 0 Å². The molecule has 5 heteroatoms. The third-order valence-electron chi connectivity index (χ3n) is 4.44. The van der Waals surface area contributed by atoms with Gasteiger partial charge in [0.05, 0.1) is 24.2 Å². The fourth-order valence-corrected chi connectivity index (χ4v) is 2.94. The minimum atomic E-state index is -0.157. The summed E-state index contributed by atoms with van der Waals surface area (Å²) in [5.74, 6) is 2.03. The summed E-state index contributed by atoms with van der Waals surface area (Å²) in [4.78, 5) is 4.50. The van der Waals surface area contributed by atoms with Gasteiger partial charge in [0.2, 0.25) is 5.89 Å². The first kappa shape index (κ1) is 12.1. The highest BCUT2D eigenvalue weighted by atomic mass is 16.5. The van der Waals surface area contributed by atoms with Crippen molar-refractivity contribution in [3.8, 4) is 0 Å². The van der Waals surface area contributed by atoms with Crippen LogP contribution in [0.1, 0.15) is 63.2 Å². The van der Waals surface area contributed by atoms with E-state index in [4.69, 9.17) is 15.0 Å². The van der Waals surface area contributed by atoms with Gasteiger partial charge in [-0.3, -0.25) is 0 Å². The average molecular weight is 251 g/mol. The first-order valence-electron chi connectivity index (χ1n) is 6.93. The van der Waals surface area contributed by atoms with Crippen LogP contribution in [-0.2, 0) is 4.74 Å². The Morgan fingerprint density at radius 3 is 2.89 bits per heavy atom. The molecule has 1 aromatic rings. The quantitative estimate of drug-likeness (QED) is 0.887. The number of nitrogens with zero attached hydrogens (tertiary/aromatic N) is 2. The Kier molecular flexibility index (Phi) is 3.11. The maximum Gasteiger partial charge on any atom is 0.243 e. The second-order valence-electron chi connectivity index (χ2n) is 5.62. The van der Waals surface area contributed by atoms with Crippen LogP contribution in [0.25, 0.3) is 0 Å². The SMILES string of the molecule is CCC(C)C(N)c1nc(C2CC3CCC2O3)no1. The molecule has 0 saturated carbocycles. The Balaban J connectivity index is 1.74. The summed E-state index contributed by atoms with van der Waals surface area (Å²) in [6.45, 7) is 4.22. The lowest BCUT2D eigenvalue weighted by Gasteiger charge is -2.15. The Labute approximate surface area is 107 Å². The van der Waals surface area contributed by atoms with Gasteiger partial charge in [0.25, 0.3) is 0 Å². The van der Waals surface area contributed by atoms with Crippen LogP contribution in [0.15, 0.2) is 4.52 Å². The predicted octanol–water partition coefficient (Wildman–Crippen LogP) is 2.15. The van der Waals surface area contributed by atoms with Gasteiger partial charge in [0.15, 0.2) is 5.82 Å². The summed E-state index contributed by atoms with van der Waals surface area (Å²) in [6, 6.07) is -0.157. The third-order valence-corrected chi connectivity index (χ3v) is 4.44. The van der Waals surface area contributed by atoms with Crippen LogP contribution in [0, 0.1) is 5.92 Å². The molecule has 0 aromatic carbocycles. The lowest BCUT2D eigenvalue weighted by Crippen LogP contribution is -2.19. The summed E-state index contributed by atoms with van der Waals surface area (Å²) in [7, 11) is 0. The zero-order chi connectivity index (χ0) is 12.7. The van der Waals surface area contributed by atoms with Gasteiger partial charge in [-0.2, -0.15) is 4.98 Å². The third kappa shape index (κ3) is 1.95. The van der Waals surface area contributed by atoms with Crippen molar-refractivity contribution in [3.63, 3.8) is 0 Å². The normalized spacial score (nSPS) is 33.8. The van der Waals surface area contributed by atoms with E-state index in [-0.39, 0.29) is 6.04 Å². The van der Waals surface area contributed by atoms with E-state index < -0.39 is 0 Å². The second kappa shape index (κ2) is 4.63. The van der Waals surface area contributed by atoms with E-state index in [9.17, 15) is 0 Å². The van der Waals surface area contributed by atoms with Crippen LogP contribution in [0.4, 0.5) is 0 Å². The zero-order valence-corrected chi connectivity index (χ0v) is 11.0. The van der Waals surface area contributed by atoms with Crippen molar-refractivity contribution in [2.75, 3.05) is 0 Å². The van der Waals surface area contributed by atoms with Gasteiger partial charge in [0.1, 0.15) is 0 Å². The van der Waals surface area contributed by atoms with Crippen LogP contribution in [-0.4, -0.2) is 22.3 Å². The molecule has 0 aliphatic carbocycles. The molecule has 2 bridgehead atoms. The van der Waals surface area contributed by atoms with Crippen molar-refractivity contribution in [3.05, 3.63) is 11.7 Å². The highest BCUT2D eigenvalue weighted by Gasteiger charge is 2.43. The van der Waals surface area contributed by atoms with E-state index in [1.54, 1.807) is 0 Å². The molecule has 18 heavy (non-hydrogen) atoms. The molecular weight excluding hydrogens is 230 g/mol. The largest absolute Gasteiger partial charge is 0.374 e. The molecule has 2 saturated heterocycles. The molecule has 0 radical (unpaired) electrons. The Bertz CT molecular complexity index is 420. The zero-order valence-electron chi connectivity index (χ0n) is 11.0. The first-order chi connectivity index (χ1) is 8.69. The fraction of sp³-hybridized carbons (Fsp3) is 0.846. The summed E-state index contributed by atoms with van der Waals surface area (Å²) in [6.07, 6.45) is 5.04. The van der Waals surface area contributed by atoms with Crippen molar-refractivity contribution < 1.29 is 9.26 Å². The van der Waals surface area contributed by atoms with Crippen LogP contribution >= 0.6 is 0 Å². The minimum Gasteiger partial charge on any atom is -0.374 e. The number of fused-ring (bicyclic) bond motifs is 2. The van der Waals surface area contributed by atoms with E-state index in [1.165, 1.54) is 6.42 Å². The summed E-state index contributed by atoms with van der Waals surface area (Å²) < 4.78 is 11.2. The highest BCUT2D eigenvalue weighted by Crippen LogP contribution is 2.43. The van der Waals surface area contributed by atoms with Crippen molar-refractivity contribution >= 4 is 0 Å².